The molecule has 1 amide bonds. The third-order valence-electron chi connectivity index (χ3n) is 2.84. The summed E-state index contributed by atoms with van der Waals surface area (Å²) in [5, 5.41) is 5.83. The van der Waals surface area contributed by atoms with Crippen molar-refractivity contribution in [1.29, 1.82) is 0 Å². The van der Waals surface area contributed by atoms with Crippen molar-refractivity contribution in [3.8, 4) is 0 Å². The SMILES string of the molecule is CCNc1cc(C(=O)NCCCS(C)(=O)=O)cc(CC)n1. The highest BCUT2D eigenvalue weighted by atomic mass is 32.2. The molecule has 1 heterocycles. The molecule has 6 nitrogen and oxygen atoms in total. The van der Waals surface area contributed by atoms with Gasteiger partial charge in [0.25, 0.3) is 5.91 Å². The smallest absolute Gasteiger partial charge is 0.251 e. The largest absolute Gasteiger partial charge is 0.370 e. The quantitative estimate of drug-likeness (QED) is 0.705. The van der Waals surface area contributed by atoms with E-state index in [1.165, 1.54) is 6.26 Å². The zero-order valence-electron chi connectivity index (χ0n) is 12.8. The summed E-state index contributed by atoms with van der Waals surface area (Å²) < 4.78 is 22.0. The zero-order chi connectivity index (χ0) is 15.9. The molecule has 0 saturated heterocycles. The van der Waals surface area contributed by atoms with E-state index in [0.29, 0.717) is 24.3 Å². The van der Waals surface area contributed by atoms with Gasteiger partial charge in [-0.05, 0) is 31.9 Å². The first-order valence-electron chi connectivity index (χ1n) is 7.06. The van der Waals surface area contributed by atoms with E-state index in [1.807, 2.05) is 13.8 Å². The van der Waals surface area contributed by atoms with Gasteiger partial charge < -0.3 is 10.6 Å². The third kappa shape index (κ3) is 6.57. The van der Waals surface area contributed by atoms with Crippen molar-refractivity contribution in [2.24, 2.45) is 0 Å². The van der Waals surface area contributed by atoms with Gasteiger partial charge in [-0.15, -0.1) is 0 Å². The molecule has 0 aromatic carbocycles. The van der Waals surface area contributed by atoms with Crippen molar-refractivity contribution in [3.63, 3.8) is 0 Å². The molecular formula is C14H23N3O3S. The van der Waals surface area contributed by atoms with Crippen molar-refractivity contribution in [2.45, 2.75) is 26.7 Å². The molecule has 0 aliphatic rings. The molecule has 0 spiro atoms. The van der Waals surface area contributed by atoms with Crippen molar-refractivity contribution in [1.82, 2.24) is 10.3 Å². The van der Waals surface area contributed by atoms with Crippen LogP contribution >= 0.6 is 0 Å². The maximum absolute atomic E-state index is 12.1. The second kappa shape index (κ2) is 7.97. The van der Waals surface area contributed by atoms with Crippen LogP contribution in [0.5, 0.6) is 0 Å². The van der Waals surface area contributed by atoms with Crippen LogP contribution < -0.4 is 10.6 Å². The Morgan fingerprint density at radius 3 is 2.57 bits per heavy atom. The monoisotopic (exact) mass is 313 g/mol. The lowest BCUT2D eigenvalue weighted by atomic mass is 10.2. The fourth-order valence-electron chi connectivity index (χ4n) is 1.81. The Kier molecular flexibility index (Phi) is 6.61. The van der Waals surface area contributed by atoms with Crippen LogP contribution in [0.25, 0.3) is 0 Å². The van der Waals surface area contributed by atoms with Gasteiger partial charge in [0.15, 0.2) is 0 Å². The molecule has 1 aromatic heterocycles. The van der Waals surface area contributed by atoms with Gasteiger partial charge in [-0.3, -0.25) is 4.79 Å². The van der Waals surface area contributed by atoms with Crippen LogP contribution in [0.4, 0.5) is 5.82 Å². The highest BCUT2D eigenvalue weighted by Crippen LogP contribution is 2.11. The summed E-state index contributed by atoms with van der Waals surface area (Å²) in [5.41, 5.74) is 1.38. The average Bonchev–Trinajstić information content (AvgIpc) is 2.42. The van der Waals surface area contributed by atoms with Gasteiger partial charge in [0.2, 0.25) is 0 Å². The molecule has 0 aliphatic heterocycles. The van der Waals surface area contributed by atoms with Crippen LogP contribution in [0.2, 0.25) is 0 Å². The van der Waals surface area contributed by atoms with Gasteiger partial charge in [0.05, 0.1) is 5.75 Å². The number of hydrogen-bond donors (Lipinski definition) is 2. The van der Waals surface area contributed by atoms with Crippen molar-refractivity contribution in [2.75, 3.05) is 30.4 Å². The van der Waals surface area contributed by atoms with Gasteiger partial charge in [0.1, 0.15) is 15.7 Å². The van der Waals surface area contributed by atoms with Crippen LogP contribution in [0.15, 0.2) is 12.1 Å². The topological polar surface area (TPSA) is 88.2 Å². The molecule has 1 rings (SSSR count). The van der Waals surface area contributed by atoms with Gasteiger partial charge >= 0.3 is 0 Å². The molecule has 0 saturated carbocycles. The summed E-state index contributed by atoms with van der Waals surface area (Å²) in [5.74, 6) is 0.546. The Morgan fingerprint density at radius 1 is 1.29 bits per heavy atom. The maximum Gasteiger partial charge on any atom is 0.251 e. The summed E-state index contributed by atoms with van der Waals surface area (Å²) in [6, 6.07) is 3.46. The van der Waals surface area contributed by atoms with Crippen LogP contribution in [0.3, 0.4) is 0 Å². The lowest BCUT2D eigenvalue weighted by molar-refractivity contribution is 0.0953. The molecule has 2 N–H and O–H groups in total. The lowest BCUT2D eigenvalue weighted by Crippen LogP contribution is -2.26. The van der Waals surface area contributed by atoms with Crippen molar-refractivity contribution < 1.29 is 13.2 Å². The van der Waals surface area contributed by atoms with Gasteiger partial charge in [-0.1, -0.05) is 6.92 Å². The number of nitrogens with one attached hydrogen (secondary N) is 2. The minimum Gasteiger partial charge on any atom is -0.370 e. The lowest BCUT2D eigenvalue weighted by Gasteiger charge is -2.09. The number of anilines is 1. The second-order valence-electron chi connectivity index (χ2n) is 4.86. The van der Waals surface area contributed by atoms with E-state index >= 15 is 0 Å². The molecule has 0 atom stereocenters. The fourth-order valence-corrected chi connectivity index (χ4v) is 2.48. The molecule has 0 bridgehead atoms. The Bertz CT molecular complexity index is 585. The summed E-state index contributed by atoms with van der Waals surface area (Å²) in [7, 11) is -2.98. The van der Waals surface area contributed by atoms with E-state index in [9.17, 15) is 13.2 Å². The molecular weight excluding hydrogens is 290 g/mol. The van der Waals surface area contributed by atoms with Crippen LogP contribution in [-0.4, -0.2) is 44.4 Å². The summed E-state index contributed by atoms with van der Waals surface area (Å²) in [4.78, 5) is 16.5. The predicted octanol–water partition coefficient (Wildman–Crippen LogP) is 1.24. The van der Waals surface area contributed by atoms with Gasteiger partial charge in [0, 0.05) is 30.6 Å². The minimum atomic E-state index is -2.98. The van der Waals surface area contributed by atoms with Crippen LogP contribution in [0, 0.1) is 0 Å². The number of hydrogen-bond acceptors (Lipinski definition) is 5. The fraction of sp³-hybridized carbons (Fsp3) is 0.571. The zero-order valence-corrected chi connectivity index (χ0v) is 13.6. The number of carbonyl (C=O) groups excluding carboxylic acids is 1. The molecule has 118 valence electrons. The standard InChI is InChI=1S/C14H23N3O3S/c1-4-12-9-11(10-13(17-12)15-5-2)14(18)16-7-6-8-21(3,19)20/h9-10H,4-8H2,1-3H3,(H,15,17)(H,16,18). The van der Waals surface area contributed by atoms with E-state index in [2.05, 4.69) is 15.6 Å². The number of pyridine rings is 1. The van der Waals surface area contributed by atoms with E-state index in [-0.39, 0.29) is 11.7 Å². The number of aryl methyl sites for hydroxylation is 1. The Labute approximate surface area is 126 Å². The molecule has 0 fully saturated rings. The minimum absolute atomic E-state index is 0.0759. The normalized spacial score (nSPS) is 11.2. The number of carbonyl (C=O) groups is 1. The van der Waals surface area contributed by atoms with E-state index < -0.39 is 9.84 Å². The van der Waals surface area contributed by atoms with Crippen LogP contribution in [0.1, 0.15) is 36.3 Å². The highest BCUT2D eigenvalue weighted by Gasteiger charge is 2.09. The van der Waals surface area contributed by atoms with Crippen LogP contribution in [-0.2, 0) is 16.3 Å². The van der Waals surface area contributed by atoms with Crippen molar-refractivity contribution in [3.05, 3.63) is 23.4 Å². The van der Waals surface area contributed by atoms with Gasteiger partial charge in [-0.2, -0.15) is 0 Å². The molecule has 0 unspecified atom stereocenters. The predicted molar refractivity (Wildman–Crippen MR) is 84.4 cm³/mol. The van der Waals surface area contributed by atoms with E-state index in [4.69, 9.17) is 0 Å². The summed E-state index contributed by atoms with van der Waals surface area (Å²) in [6.07, 6.45) is 2.35. The highest BCUT2D eigenvalue weighted by molar-refractivity contribution is 7.90. The third-order valence-corrected chi connectivity index (χ3v) is 3.87. The second-order valence-corrected chi connectivity index (χ2v) is 7.12. The first kappa shape index (κ1) is 17.4. The number of amides is 1. The first-order chi connectivity index (χ1) is 9.85. The molecule has 0 aliphatic carbocycles. The van der Waals surface area contributed by atoms with Crippen molar-refractivity contribution >= 4 is 21.6 Å². The summed E-state index contributed by atoms with van der Waals surface area (Å²) >= 11 is 0. The number of aromatic nitrogens is 1. The number of nitrogens with zero attached hydrogens (tertiary/aromatic N) is 1. The molecule has 7 heteroatoms. The summed E-state index contributed by atoms with van der Waals surface area (Å²) in [6.45, 7) is 5.01. The number of rotatable bonds is 8. The van der Waals surface area contributed by atoms with Gasteiger partial charge in [-0.25, -0.2) is 13.4 Å². The Morgan fingerprint density at radius 2 is 2.00 bits per heavy atom. The molecule has 0 radical (unpaired) electrons. The molecule has 1 aromatic rings. The Balaban J connectivity index is 2.66. The maximum atomic E-state index is 12.1. The number of sulfone groups is 1. The first-order valence-corrected chi connectivity index (χ1v) is 9.12. The van der Waals surface area contributed by atoms with E-state index in [0.717, 1.165) is 18.7 Å². The Hall–Kier alpha value is -1.63. The molecule has 21 heavy (non-hydrogen) atoms. The van der Waals surface area contributed by atoms with E-state index in [1.54, 1.807) is 12.1 Å². The average molecular weight is 313 g/mol.